The summed E-state index contributed by atoms with van der Waals surface area (Å²) in [4.78, 5) is 12.4. The van der Waals surface area contributed by atoms with Gasteiger partial charge >= 0.3 is 5.97 Å². The third-order valence-electron chi connectivity index (χ3n) is 2.86. The lowest BCUT2D eigenvalue weighted by Gasteiger charge is -2.19. The standard InChI is InChI=1S/C11H11ClFNO2/c1-14(9-5-7(9)11(15)16)10-4-6(12)2-3-8(10)13/h2-4,7,9H,5H2,1H3,(H,15,16). The van der Waals surface area contributed by atoms with E-state index in [2.05, 4.69) is 0 Å². The van der Waals surface area contributed by atoms with Crippen molar-refractivity contribution in [2.75, 3.05) is 11.9 Å². The first-order valence-corrected chi connectivity index (χ1v) is 5.29. The number of nitrogens with zero attached hydrogens (tertiary/aromatic N) is 1. The van der Waals surface area contributed by atoms with Crippen molar-refractivity contribution in [1.82, 2.24) is 0 Å². The molecule has 1 aliphatic carbocycles. The van der Waals surface area contributed by atoms with E-state index in [4.69, 9.17) is 16.7 Å². The Morgan fingerprint density at radius 2 is 2.31 bits per heavy atom. The van der Waals surface area contributed by atoms with E-state index in [9.17, 15) is 9.18 Å². The van der Waals surface area contributed by atoms with Crippen LogP contribution >= 0.6 is 11.6 Å². The molecule has 1 saturated carbocycles. The van der Waals surface area contributed by atoms with E-state index in [1.807, 2.05) is 0 Å². The minimum atomic E-state index is -0.834. The lowest BCUT2D eigenvalue weighted by atomic mass is 10.2. The summed E-state index contributed by atoms with van der Waals surface area (Å²) in [5.41, 5.74) is 0.348. The number of halogens is 2. The predicted molar refractivity (Wildman–Crippen MR) is 59.3 cm³/mol. The van der Waals surface area contributed by atoms with Gasteiger partial charge in [0.25, 0.3) is 0 Å². The van der Waals surface area contributed by atoms with Gasteiger partial charge in [0.1, 0.15) is 5.82 Å². The van der Waals surface area contributed by atoms with E-state index >= 15 is 0 Å². The van der Waals surface area contributed by atoms with Crippen molar-refractivity contribution in [2.45, 2.75) is 12.5 Å². The highest BCUT2D eigenvalue weighted by molar-refractivity contribution is 6.30. The maximum absolute atomic E-state index is 13.5. The first-order valence-electron chi connectivity index (χ1n) is 4.91. The first-order chi connectivity index (χ1) is 7.50. The molecule has 2 atom stereocenters. The molecular weight excluding hydrogens is 233 g/mol. The van der Waals surface area contributed by atoms with Crippen LogP contribution in [0.4, 0.5) is 10.1 Å². The van der Waals surface area contributed by atoms with E-state index in [-0.39, 0.29) is 11.9 Å². The van der Waals surface area contributed by atoms with Crippen molar-refractivity contribution >= 4 is 23.3 Å². The molecule has 3 nitrogen and oxygen atoms in total. The molecule has 1 fully saturated rings. The lowest BCUT2D eigenvalue weighted by molar-refractivity contribution is -0.138. The fraction of sp³-hybridized carbons (Fsp3) is 0.364. The van der Waals surface area contributed by atoms with E-state index in [0.717, 1.165) is 0 Å². The van der Waals surface area contributed by atoms with E-state index in [0.29, 0.717) is 17.1 Å². The van der Waals surface area contributed by atoms with Gasteiger partial charge in [0.2, 0.25) is 0 Å². The maximum atomic E-state index is 13.5. The molecule has 0 amide bonds. The normalized spacial score (nSPS) is 22.9. The van der Waals surface area contributed by atoms with Crippen LogP contribution in [0.3, 0.4) is 0 Å². The third kappa shape index (κ3) is 1.97. The number of carboxylic acids is 1. The number of hydrogen-bond acceptors (Lipinski definition) is 2. The summed E-state index contributed by atoms with van der Waals surface area (Å²) in [6, 6.07) is 4.13. The van der Waals surface area contributed by atoms with Crippen molar-refractivity contribution in [1.29, 1.82) is 0 Å². The van der Waals surface area contributed by atoms with Crippen LogP contribution in [0, 0.1) is 11.7 Å². The number of hydrogen-bond donors (Lipinski definition) is 1. The highest BCUT2D eigenvalue weighted by atomic mass is 35.5. The molecule has 86 valence electrons. The average molecular weight is 244 g/mol. The molecule has 16 heavy (non-hydrogen) atoms. The van der Waals surface area contributed by atoms with Gasteiger partial charge in [-0.2, -0.15) is 0 Å². The van der Waals surface area contributed by atoms with Crippen LogP contribution in [-0.2, 0) is 4.79 Å². The van der Waals surface area contributed by atoms with Crippen molar-refractivity contribution in [3.8, 4) is 0 Å². The molecule has 0 saturated heterocycles. The zero-order valence-corrected chi connectivity index (χ0v) is 9.41. The molecule has 2 rings (SSSR count). The molecule has 5 heteroatoms. The lowest BCUT2D eigenvalue weighted by Crippen LogP contribution is -2.24. The molecule has 0 bridgehead atoms. The number of carbonyl (C=O) groups is 1. The van der Waals surface area contributed by atoms with Gasteiger partial charge in [-0.25, -0.2) is 4.39 Å². The fourth-order valence-corrected chi connectivity index (χ4v) is 1.98. The van der Waals surface area contributed by atoms with Crippen LogP contribution in [-0.4, -0.2) is 24.2 Å². The van der Waals surface area contributed by atoms with Crippen LogP contribution in [0.25, 0.3) is 0 Å². The van der Waals surface area contributed by atoms with Crippen LogP contribution in [0.15, 0.2) is 18.2 Å². The van der Waals surface area contributed by atoms with E-state index < -0.39 is 11.9 Å². The van der Waals surface area contributed by atoms with Gasteiger partial charge in [0.15, 0.2) is 0 Å². The Morgan fingerprint density at radius 3 is 2.88 bits per heavy atom. The average Bonchev–Trinajstić information content (AvgIpc) is 3.00. The zero-order valence-electron chi connectivity index (χ0n) is 8.65. The Morgan fingerprint density at radius 1 is 1.62 bits per heavy atom. The number of benzene rings is 1. The Bertz CT molecular complexity index is 438. The largest absolute Gasteiger partial charge is 0.481 e. The molecule has 1 aromatic rings. The van der Waals surface area contributed by atoms with Gasteiger partial charge in [-0.05, 0) is 24.6 Å². The predicted octanol–water partition coefficient (Wildman–Crippen LogP) is 2.39. The summed E-state index contributed by atoms with van der Waals surface area (Å²) in [6.45, 7) is 0. The van der Waals surface area contributed by atoms with Crippen LogP contribution in [0.5, 0.6) is 0 Å². The van der Waals surface area contributed by atoms with E-state index in [1.54, 1.807) is 11.9 Å². The van der Waals surface area contributed by atoms with Gasteiger partial charge in [0, 0.05) is 18.1 Å². The smallest absolute Gasteiger partial charge is 0.308 e. The van der Waals surface area contributed by atoms with Crippen molar-refractivity contribution in [3.05, 3.63) is 29.0 Å². The van der Waals surface area contributed by atoms with Crippen LogP contribution < -0.4 is 4.90 Å². The quantitative estimate of drug-likeness (QED) is 0.886. The molecule has 0 radical (unpaired) electrons. The summed E-state index contributed by atoms with van der Waals surface area (Å²) in [5, 5.41) is 9.24. The number of anilines is 1. The molecule has 2 unspecified atom stereocenters. The summed E-state index contributed by atoms with van der Waals surface area (Å²) in [7, 11) is 1.68. The molecule has 1 aliphatic rings. The second-order valence-electron chi connectivity index (χ2n) is 3.95. The monoisotopic (exact) mass is 243 g/mol. The minimum absolute atomic E-state index is 0.134. The molecule has 0 aliphatic heterocycles. The first kappa shape index (κ1) is 11.2. The highest BCUT2D eigenvalue weighted by Crippen LogP contribution is 2.38. The van der Waals surface area contributed by atoms with Crippen LogP contribution in [0.1, 0.15) is 6.42 Å². The van der Waals surface area contributed by atoms with Gasteiger partial charge in [-0.15, -0.1) is 0 Å². The molecule has 0 heterocycles. The maximum Gasteiger partial charge on any atom is 0.308 e. The van der Waals surface area contributed by atoms with Gasteiger partial charge in [-0.3, -0.25) is 4.79 Å². The number of aliphatic carboxylic acids is 1. The van der Waals surface area contributed by atoms with Gasteiger partial charge in [-0.1, -0.05) is 11.6 Å². The second kappa shape index (κ2) is 3.94. The Labute approximate surface area is 97.4 Å². The van der Waals surface area contributed by atoms with E-state index in [1.165, 1.54) is 18.2 Å². The summed E-state index contributed by atoms with van der Waals surface area (Å²) in [5.74, 6) is -1.62. The SMILES string of the molecule is CN(c1cc(Cl)ccc1F)C1CC1C(=O)O. The molecule has 1 aromatic carbocycles. The molecule has 0 aromatic heterocycles. The number of carboxylic acid groups (broad SMARTS) is 1. The number of rotatable bonds is 3. The highest BCUT2D eigenvalue weighted by Gasteiger charge is 2.46. The Kier molecular flexibility index (Phi) is 2.76. The fourth-order valence-electron chi connectivity index (χ4n) is 1.81. The summed E-state index contributed by atoms with van der Waals surface area (Å²) < 4.78 is 13.5. The zero-order chi connectivity index (χ0) is 11.9. The Hall–Kier alpha value is -1.29. The second-order valence-corrected chi connectivity index (χ2v) is 4.39. The van der Waals surface area contributed by atoms with Gasteiger partial charge in [0.05, 0.1) is 11.6 Å². The van der Waals surface area contributed by atoms with Crippen molar-refractivity contribution in [3.63, 3.8) is 0 Å². The molecular formula is C11H11ClFNO2. The van der Waals surface area contributed by atoms with Crippen molar-refractivity contribution in [2.24, 2.45) is 5.92 Å². The minimum Gasteiger partial charge on any atom is -0.481 e. The summed E-state index contributed by atoms with van der Waals surface area (Å²) in [6.07, 6.45) is 0.553. The summed E-state index contributed by atoms with van der Waals surface area (Å²) >= 11 is 5.78. The Balaban J connectivity index is 2.19. The third-order valence-corrected chi connectivity index (χ3v) is 3.09. The van der Waals surface area contributed by atoms with Crippen LogP contribution in [0.2, 0.25) is 5.02 Å². The molecule has 0 spiro atoms. The topological polar surface area (TPSA) is 40.5 Å². The van der Waals surface area contributed by atoms with Gasteiger partial charge < -0.3 is 10.0 Å². The molecule has 1 N–H and O–H groups in total. The van der Waals surface area contributed by atoms with Crippen molar-refractivity contribution < 1.29 is 14.3 Å².